The van der Waals surface area contributed by atoms with Crippen molar-refractivity contribution in [3.8, 4) is 0 Å². The third-order valence-electron chi connectivity index (χ3n) is 2.08. The second-order valence-corrected chi connectivity index (χ2v) is 3.64. The van der Waals surface area contributed by atoms with E-state index >= 15 is 0 Å². The summed E-state index contributed by atoms with van der Waals surface area (Å²) < 4.78 is 0. The first-order valence-corrected chi connectivity index (χ1v) is 4.38. The Morgan fingerprint density at radius 3 is 1.83 bits per heavy atom. The average molecular weight is 161 g/mol. The highest BCUT2D eigenvalue weighted by atomic mass is 15.1. The van der Waals surface area contributed by atoms with E-state index in [0.29, 0.717) is 6.71 Å². The van der Waals surface area contributed by atoms with Crippen molar-refractivity contribution in [2.75, 3.05) is 19.0 Å². The molecular formula is C10H16BN. The summed E-state index contributed by atoms with van der Waals surface area (Å²) in [6.45, 7) is 5.05. The van der Waals surface area contributed by atoms with Gasteiger partial charge in [-0.25, -0.2) is 0 Å². The van der Waals surface area contributed by atoms with E-state index < -0.39 is 0 Å². The van der Waals surface area contributed by atoms with Gasteiger partial charge in [-0.1, -0.05) is 31.2 Å². The van der Waals surface area contributed by atoms with Gasteiger partial charge in [0, 0.05) is 19.8 Å². The number of nitrogens with zero attached hydrogens (tertiary/aromatic N) is 1. The highest BCUT2D eigenvalue weighted by molar-refractivity contribution is 6.70. The molecule has 0 spiro atoms. The number of hydrogen-bond acceptors (Lipinski definition) is 1. The molecule has 0 aromatic heterocycles. The number of rotatable bonds is 2. The van der Waals surface area contributed by atoms with Gasteiger partial charge in [-0.3, -0.25) is 0 Å². The number of benzene rings is 1. The van der Waals surface area contributed by atoms with Gasteiger partial charge in [-0.05, 0) is 12.1 Å². The molecule has 64 valence electrons. The van der Waals surface area contributed by atoms with Crippen LogP contribution < -0.4 is 10.4 Å². The van der Waals surface area contributed by atoms with Crippen LogP contribution >= 0.6 is 0 Å². The van der Waals surface area contributed by atoms with Crippen molar-refractivity contribution in [2.45, 2.75) is 13.6 Å². The van der Waals surface area contributed by atoms with Crippen LogP contribution in [0, 0.1) is 0 Å². The minimum Gasteiger partial charge on any atom is -0.378 e. The van der Waals surface area contributed by atoms with E-state index in [2.05, 4.69) is 56.9 Å². The molecule has 0 radical (unpaired) electrons. The van der Waals surface area contributed by atoms with Gasteiger partial charge in [0.1, 0.15) is 0 Å². The zero-order valence-corrected chi connectivity index (χ0v) is 8.33. The molecule has 0 aliphatic rings. The predicted octanol–water partition coefficient (Wildman–Crippen LogP) is 1.71. The molecule has 0 heterocycles. The minimum atomic E-state index is 0.626. The molecule has 0 saturated carbocycles. The van der Waals surface area contributed by atoms with Crippen molar-refractivity contribution >= 4 is 17.9 Å². The molecule has 0 fully saturated rings. The summed E-state index contributed by atoms with van der Waals surface area (Å²) in [7, 11) is 4.12. The smallest absolute Gasteiger partial charge is 0.169 e. The predicted molar refractivity (Wildman–Crippen MR) is 57.9 cm³/mol. The summed E-state index contributed by atoms with van der Waals surface area (Å²) in [5.41, 5.74) is 2.67. The van der Waals surface area contributed by atoms with Crippen molar-refractivity contribution in [1.29, 1.82) is 0 Å². The molecule has 0 saturated heterocycles. The maximum atomic E-state index is 2.21. The maximum Gasteiger partial charge on any atom is 0.169 e. The largest absolute Gasteiger partial charge is 0.378 e. The summed E-state index contributed by atoms with van der Waals surface area (Å²) >= 11 is 0. The van der Waals surface area contributed by atoms with Gasteiger partial charge in [-0.2, -0.15) is 0 Å². The van der Waals surface area contributed by atoms with E-state index in [-0.39, 0.29) is 0 Å². The molecule has 0 amide bonds. The Balaban J connectivity index is 2.86. The summed E-state index contributed by atoms with van der Waals surface area (Å²) in [5.74, 6) is 0. The fourth-order valence-electron chi connectivity index (χ4n) is 1.16. The summed E-state index contributed by atoms with van der Waals surface area (Å²) in [5, 5.41) is 0. The average Bonchev–Trinajstić information content (AvgIpc) is 2.04. The van der Waals surface area contributed by atoms with Gasteiger partial charge < -0.3 is 4.90 Å². The third kappa shape index (κ3) is 2.03. The summed E-state index contributed by atoms with van der Waals surface area (Å²) in [6.07, 6.45) is 0. The molecule has 0 atom stereocenters. The SMILES string of the molecule is CB(C)c1ccc(N(C)C)cc1. The molecule has 2 heteroatoms. The van der Waals surface area contributed by atoms with E-state index in [1.54, 1.807) is 0 Å². The standard InChI is InChI=1S/C10H16BN/c1-11(2)9-5-7-10(8-6-9)12(3)4/h5-8H,1-4H3. The molecule has 0 bridgehead atoms. The van der Waals surface area contributed by atoms with Gasteiger partial charge in [0.15, 0.2) is 6.71 Å². The van der Waals surface area contributed by atoms with E-state index in [9.17, 15) is 0 Å². The number of anilines is 1. The van der Waals surface area contributed by atoms with Crippen LogP contribution in [0.2, 0.25) is 13.6 Å². The van der Waals surface area contributed by atoms with Gasteiger partial charge in [-0.15, -0.1) is 0 Å². The molecule has 0 unspecified atom stereocenters. The van der Waals surface area contributed by atoms with Gasteiger partial charge in [0.2, 0.25) is 0 Å². The summed E-state index contributed by atoms with van der Waals surface area (Å²) in [4.78, 5) is 2.12. The van der Waals surface area contributed by atoms with Crippen molar-refractivity contribution in [3.63, 3.8) is 0 Å². The lowest BCUT2D eigenvalue weighted by Gasteiger charge is -2.13. The molecule has 1 aromatic rings. The minimum absolute atomic E-state index is 0.626. The first-order chi connectivity index (χ1) is 5.61. The van der Waals surface area contributed by atoms with E-state index in [1.807, 2.05) is 0 Å². The quantitative estimate of drug-likeness (QED) is 0.597. The third-order valence-corrected chi connectivity index (χ3v) is 2.08. The molecule has 12 heavy (non-hydrogen) atoms. The van der Waals surface area contributed by atoms with Crippen molar-refractivity contribution in [3.05, 3.63) is 24.3 Å². The molecule has 0 aliphatic carbocycles. The van der Waals surface area contributed by atoms with E-state index in [1.165, 1.54) is 11.2 Å². The molecule has 1 aromatic carbocycles. The first kappa shape index (κ1) is 9.18. The highest BCUT2D eigenvalue weighted by Gasteiger charge is 2.02. The van der Waals surface area contributed by atoms with Crippen LogP contribution in [0.25, 0.3) is 0 Å². The van der Waals surface area contributed by atoms with Crippen molar-refractivity contribution in [2.24, 2.45) is 0 Å². The van der Waals surface area contributed by atoms with Crippen LogP contribution in [-0.4, -0.2) is 20.8 Å². The van der Waals surface area contributed by atoms with Crippen molar-refractivity contribution in [1.82, 2.24) is 0 Å². The lowest BCUT2D eigenvalue weighted by atomic mass is 9.49. The fraction of sp³-hybridized carbons (Fsp3) is 0.400. The maximum absolute atomic E-state index is 2.21. The monoisotopic (exact) mass is 161 g/mol. The Morgan fingerprint density at radius 1 is 1.00 bits per heavy atom. The van der Waals surface area contributed by atoms with Crippen LogP contribution in [0.15, 0.2) is 24.3 Å². The number of hydrogen-bond donors (Lipinski definition) is 0. The van der Waals surface area contributed by atoms with Crippen LogP contribution in [0.1, 0.15) is 0 Å². The molecule has 1 rings (SSSR count). The molecular weight excluding hydrogens is 145 g/mol. The Labute approximate surface area is 75.5 Å². The van der Waals surface area contributed by atoms with Gasteiger partial charge >= 0.3 is 0 Å². The van der Waals surface area contributed by atoms with Crippen molar-refractivity contribution < 1.29 is 0 Å². The van der Waals surface area contributed by atoms with E-state index in [0.717, 1.165) is 0 Å². The Bertz CT molecular complexity index is 212. The van der Waals surface area contributed by atoms with E-state index in [4.69, 9.17) is 0 Å². The molecule has 0 aliphatic heterocycles. The zero-order valence-electron chi connectivity index (χ0n) is 8.33. The Hall–Kier alpha value is -0.915. The van der Waals surface area contributed by atoms with Gasteiger partial charge in [0.25, 0.3) is 0 Å². The second kappa shape index (κ2) is 3.66. The van der Waals surface area contributed by atoms with Gasteiger partial charge in [0.05, 0.1) is 0 Å². The fourth-order valence-corrected chi connectivity index (χ4v) is 1.16. The normalized spacial score (nSPS) is 9.67. The van der Waals surface area contributed by atoms with Crippen LogP contribution in [0.3, 0.4) is 0 Å². The van der Waals surface area contributed by atoms with Crippen LogP contribution in [0.5, 0.6) is 0 Å². The second-order valence-electron chi connectivity index (χ2n) is 3.64. The zero-order chi connectivity index (χ0) is 9.14. The lowest BCUT2D eigenvalue weighted by Crippen LogP contribution is -2.22. The topological polar surface area (TPSA) is 3.24 Å². The molecule has 1 nitrogen and oxygen atoms in total. The summed E-state index contributed by atoms with van der Waals surface area (Å²) in [6, 6.07) is 8.71. The molecule has 0 N–H and O–H groups in total. The lowest BCUT2D eigenvalue weighted by molar-refractivity contribution is 1.13. The Morgan fingerprint density at radius 2 is 1.50 bits per heavy atom. The highest BCUT2D eigenvalue weighted by Crippen LogP contribution is 2.07. The van der Waals surface area contributed by atoms with Crippen LogP contribution in [0.4, 0.5) is 5.69 Å². The van der Waals surface area contributed by atoms with Crippen LogP contribution in [-0.2, 0) is 0 Å². The first-order valence-electron chi connectivity index (χ1n) is 4.38. The Kier molecular flexibility index (Phi) is 2.80.